The van der Waals surface area contributed by atoms with Crippen molar-refractivity contribution < 1.29 is 14.3 Å². The maximum Gasteiger partial charge on any atom is 0.359 e. The van der Waals surface area contributed by atoms with Crippen LogP contribution in [0.15, 0.2) is 48.7 Å². The molecule has 2 aromatic heterocycles. The molecule has 0 N–H and O–H groups in total. The van der Waals surface area contributed by atoms with Gasteiger partial charge in [-0.15, -0.1) is 0 Å². The van der Waals surface area contributed by atoms with Gasteiger partial charge in [-0.05, 0) is 62.8 Å². The normalized spacial score (nSPS) is 17.7. The van der Waals surface area contributed by atoms with Gasteiger partial charge in [0.05, 0.1) is 12.3 Å². The number of amides is 1. The molecule has 1 aromatic carbocycles. The SMILES string of the molecule is Cn1cccc1C(=O)N1CCCCC1CCOC(=O)c1nn(-c2ccccc2)c2c1CCC2. The average Bonchev–Trinajstić information content (AvgIpc) is 3.56. The van der Waals surface area contributed by atoms with Crippen LogP contribution in [0.2, 0.25) is 0 Å². The smallest absolute Gasteiger partial charge is 0.359 e. The van der Waals surface area contributed by atoms with E-state index in [4.69, 9.17) is 4.74 Å². The second kappa shape index (κ2) is 9.25. The lowest BCUT2D eigenvalue weighted by Crippen LogP contribution is -2.44. The quantitative estimate of drug-likeness (QED) is 0.538. The van der Waals surface area contributed by atoms with Crippen molar-refractivity contribution in [2.45, 2.75) is 51.0 Å². The molecule has 7 heteroatoms. The number of rotatable bonds is 6. The first-order valence-electron chi connectivity index (χ1n) is 11.9. The van der Waals surface area contributed by atoms with Crippen LogP contribution in [0.3, 0.4) is 0 Å². The number of para-hydroxylation sites is 1. The molecule has 1 saturated heterocycles. The van der Waals surface area contributed by atoms with E-state index < -0.39 is 0 Å². The summed E-state index contributed by atoms with van der Waals surface area (Å²) in [5.74, 6) is -0.308. The molecule has 0 radical (unpaired) electrons. The van der Waals surface area contributed by atoms with Gasteiger partial charge in [0.2, 0.25) is 0 Å². The number of likely N-dealkylation sites (tertiary alicyclic amines) is 1. The van der Waals surface area contributed by atoms with Crippen LogP contribution >= 0.6 is 0 Å². The molecule has 1 aliphatic carbocycles. The van der Waals surface area contributed by atoms with Crippen LogP contribution in [0.1, 0.15) is 64.3 Å². The molecule has 1 unspecified atom stereocenters. The van der Waals surface area contributed by atoms with E-state index in [0.29, 0.717) is 17.8 Å². The van der Waals surface area contributed by atoms with Crippen LogP contribution in [0.5, 0.6) is 0 Å². The topological polar surface area (TPSA) is 69.4 Å². The minimum atomic E-state index is -0.362. The van der Waals surface area contributed by atoms with Crippen molar-refractivity contribution in [3.8, 4) is 5.69 Å². The zero-order valence-corrected chi connectivity index (χ0v) is 19.1. The summed E-state index contributed by atoms with van der Waals surface area (Å²) in [4.78, 5) is 28.0. The number of hydrogen-bond acceptors (Lipinski definition) is 4. The molecule has 3 heterocycles. The Labute approximate surface area is 194 Å². The molecule has 0 bridgehead atoms. The standard InChI is InChI=1S/C26H30N4O3/c1-28-16-8-14-23(28)25(31)29-17-6-5-9-19(29)15-18-33-26(32)24-21-12-7-13-22(21)30(27-24)20-10-3-2-4-11-20/h2-4,8,10-11,14,16,19H,5-7,9,12-13,15,17-18H2,1H3. The Balaban J connectivity index is 1.25. The van der Waals surface area contributed by atoms with Crippen LogP contribution < -0.4 is 0 Å². The number of nitrogens with zero attached hydrogens (tertiary/aromatic N) is 4. The van der Waals surface area contributed by atoms with Gasteiger partial charge in [-0.3, -0.25) is 4.79 Å². The van der Waals surface area contributed by atoms with Gasteiger partial charge in [-0.2, -0.15) is 5.10 Å². The lowest BCUT2D eigenvalue weighted by atomic mass is 9.99. The van der Waals surface area contributed by atoms with Gasteiger partial charge in [0.15, 0.2) is 5.69 Å². The van der Waals surface area contributed by atoms with Crippen molar-refractivity contribution in [1.82, 2.24) is 19.2 Å². The van der Waals surface area contributed by atoms with Gasteiger partial charge in [0.1, 0.15) is 5.69 Å². The van der Waals surface area contributed by atoms with E-state index in [-0.39, 0.29) is 24.5 Å². The maximum atomic E-state index is 13.1. The van der Waals surface area contributed by atoms with Crippen LogP contribution in [0.4, 0.5) is 0 Å². The molecular formula is C26H30N4O3. The van der Waals surface area contributed by atoms with Crippen molar-refractivity contribution in [3.63, 3.8) is 0 Å². The number of fused-ring (bicyclic) bond motifs is 1. The van der Waals surface area contributed by atoms with Gasteiger partial charge in [0.25, 0.3) is 5.91 Å². The third-order valence-corrected chi connectivity index (χ3v) is 6.86. The van der Waals surface area contributed by atoms with E-state index in [1.165, 1.54) is 0 Å². The van der Waals surface area contributed by atoms with E-state index in [0.717, 1.165) is 62.0 Å². The minimum absolute atomic E-state index is 0.0537. The highest BCUT2D eigenvalue weighted by Gasteiger charge is 2.30. The highest BCUT2D eigenvalue weighted by molar-refractivity contribution is 5.93. The molecule has 0 saturated carbocycles. The van der Waals surface area contributed by atoms with Crippen molar-refractivity contribution in [2.75, 3.05) is 13.2 Å². The Kier molecular flexibility index (Phi) is 6.03. The van der Waals surface area contributed by atoms with Crippen molar-refractivity contribution in [3.05, 3.63) is 71.3 Å². The fourth-order valence-electron chi connectivity index (χ4n) is 5.14. The number of carbonyl (C=O) groups is 2. The van der Waals surface area contributed by atoms with E-state index >= 15 is 0 Å². The first-order chi connectivity index (χ1) is 16.1. The zero-order valence-electron chi connectivity index (χ0n) is 19.1. The Bertz CT molecular complexity index is 1150. The lowest BCUT2D eigenvalue weighted by molar-refractivity contribution is 0.0400. The average molecular weight is 447 g/mol. The van der Waals surface area contributed by atoms with E-state index in [1.54, 1.807) is 0 Å². The predicted octanol–water partition coefficient (Wildman–Crippen LogP) is 3.94. The summed E-state index contributed by atoms with van der Waals surface area (Å²) in [5.41, 5.74) is 4.22. The molecule has 1 fully saturated rings. The van der Waals surface area contributed by atoms with Gasteiger partial charge in [-0.1, -0.05) is 18.2 Å². The summed E-state index contributed by atoms with van der Waals surface area (Å²) in [7, 11) is 1.89. The Hall–Kier alpha value is -3.35. The van der Waals surface area contributed by atoms with Crippen LogP contribution in [-0.2, 0) is 24.6 Å². The third kappa shape index (κ3) is 4.19. The van der Waals surface area contributed by atoms with Crippen molar-refractivity contribution >= 4 is 11.9 Å². The van der Waals surface area contributed by atoms with Gasteiger partial charge < -0.3 is 14.2 Å². The Morgan fingerprint density at radius 2 is 1.91 bits per heavy atom. The van der Waals surface area contributed by atoms with E-state index in [1.807, 2.05) is 69.9 Å². The van der Waals surface area contributed by atoms with Gasteiger partial charge in [0, 0.05) is 43.5 Å². The fraction of sp³-hybridized carbons (Fsp3) is 0.423. The number of ether oxygens (including phenoxy) is 1. The summed E-state index contributed by atoms with van der Waals surface area (Å²) >= 11 is 0. The minimum Gasteiger partial charge on any atom is -0.461 e. The fourth-order valence-corrected chi connectivity index (χ4v) is 5.14. The maximum absolute atomic E-state index is 13.1. The summed E-state index contributed by atoms with van der Waals surface area (Å²) in [6, 6.07) is 13.8. The molecule has 5 rings (SSSR count). The molecular weight excluding hydrogens is 416 g/mol. The predicted molar refractivity (Wildman–Crippen MR) is 125 cm³/mol. The largest absolute Gasteiger partial charge is 0.461 e. The summed E-state index contributed by atoms with van der Waals surface area (Å²) in [6.07, 6.45) is 8.37. The number of aryl methyl sites for hydroxylation is 1. The molecule has 1 atom stereocenters. The van der Waals surface area contributed by atoms with E-state index in [2.05, 4.69) is 5.10 Å². The molecule has 3 aromatic rings. The highest BCUT2D eigenvalue weighted by Crippen LogP contribution is 2.28. The highest BCUT2D eigenvalue weighted by atomic mass is 16.5. The molecule has 1 aliphatic heterocycles. The number of aromatic nitrogens is 3. The van der Waals surface area contributed by atoms with Crippen molar-refractivity contribution in [2.24, 2.45) is 7.05 Å². The summed E-state index contributed by atoms with van der Waals surface area (Å²) < 4.78 is 9.44. The van der Waals surface area contributed by atoms with Crippen molar-refractivity contribution in [1.29, 1.82) is 0 Å². The molecule has 172 valence electrons. The molecule has 2 aliphatic rings. The third-order valence-electron chi connectivity index (χ3n) is 6.86. The van der Waals surface area contributed by atoms with E-state index in [9.17, 15) is 9.59 Å². The number of carbonyl (C=O) groups excluding carboxylic acids is 2. The Morgan fingerprint density at radius 1 is 1.06 bits per heavy atom. The number of esters is 1. The zero-order chi connectivity index (χ0) is 22.8. The van der Waals surface area contributed by atoms with Gasteiger partial charge >= 0.3 is 5.97 Å². The monoisotopic (exact) mass is 446 g/mol. The first kappa shape index (κ1) is 21.5. The number of benzene rings is 1. The second-order valence-corrected chi connectivity index (χ2v) is 8.95. The first-order valence-corrected chi connectivity index (χ1v) is 11.9. The molecule has 33 heavy (non-hydrogen) atoms. The van der Waals surface area contributed by atoms with Crippen LogP contribution in [0, 0.1) is 0 Å². The molecule has 1 amide bonds. The van der Waals surface area contributed by atoms with Crippen LogP contribution in [-0.4, -0.2) is 50.3 Å². The summed E-state index contributed by atoms with van der Waals surface area (Å²) in [5, 5.41) is 4.63. The number of piperidine rings is 1. The van der Waals surface area contributed by atoms with Crippen LogP contribution in [0.25, 0.3) is 5.69 Å². The Morgan fingerprint density at radius 3 is 2.70 bits per heavy atom. The summed E-state index contributed by atoms with van der Waals surface area (Å²) in [6.45, 7) is 1.03. The molecule has 0 spiro atoms. The lowest BCUT2D eigenvalue weighted by Gasteiger charge is -2.35. The number of hydrogen-bond donors (Lipinski definition) is 0. The molecule has 7 nitrogen and oxygen atoms in total. The van der Waals surface area contributed by atoms with Gasteiger partial charge in [-0.25, -0.2) is 9.48 Å². The second-order valence-electron chi connectivity index (χ2n) is 8.95.